The lowest BCUT2D eigenvalue weighted by atomic mass is 10.1. The van der Waals surface area contributed by atoms with E-state index in [0.29, 0.717) is 15.9 Å². The first-order valence-corrected chi connectivity index (χ1v) is 6.57. The summed E-state index contributed by atoms with van der Waals surface area (Å²) in [5, 5.41) is 2.64. The summed E-state index contributed by atoms with van der Waals surface area (Å²) in [5.41, 5.74) is 1.43. The van der Waals surface area contributed by atoms with E-state index in [1.54, 1.807) is 31.2 Å². The van der Waals surface area contributed by atoms with Crippen molar-refractivity contribution in [3.63, 3.8) is 0 Å². The molecule has 0 aliphatic rings. The minimum atomic E-state index is -0.501. The number of ether oxygens (including phenoxy) is 1. The van der Waals surface area contributed by atoms with Crippen molar-refractivity contribution in [3.8, 4) is 0 Å². The number of hydrogen-bond acceptors (Lipinski definition) is 4. The number of rotatable bonds is 3. The van der Waals surface area contributed by atoms with Crippen LogP contribution in [-0.4, -0.2) is 19.0 Å². The second kappa shape index (κ2) is 5.92. The van der Waals surface area contributed by atoms with E-state index in [1.165, 1.54) is 13.2 Å². The minimum Gasteiger partial charge on any atom is -0.465 e. The highest BCUT2D eigenvalue weighted by Crippen LogP contribution is 2.22. The fraction of sp³-hybridized carbons (Fsp3) is 0.143. The SMILES string of the molecule is COC(=O)c1c(C)cccc1NC(=O)c1ccc(Br)o1. The van der Waals surface area contributed by atoms with E-state index in [9.17, 15) is 9.59 Å². The summed E-state index contributed by atoms with van der Waals surface area (Å²) in [6.45, 7) is 1.77. The number of nitrogens with one attached hydrogen (secondary N) is 1. The monoisotopic (exact) mass is 337 g/mol. The Morgan fingerprint density at radius 1 is 1.25 bits per heavy atom. The Morgan fingerprint density at radius 3 is 2.60 bits per heavy atom. The molecular formula is C14H12BrNO4. The van der Waals surface area contributed by atoms with Gasteiger partial charge in [0.05, 0.1) is 18.4 Å². The summed E-state index contributed by atoms with van der Waals surface area (Å²) in [6, 6.07) is 8.30. The number of carbonyl (C=O) groups is 2. The molecule has 0 fully saturated rings. The van der Waals surface area contributed by atoms with Crippen molar-refractivity contribution in [1.29, 1.82) is 0 Å². The molecule has 1 amide bonds. The average Bonchev–Trinajstić information content (AvgIpc) is 2.85. The van der Waals surface area contributed by atoms with Crippen LogP contribution in [0.2, 0.25) is 0 Å². The van der Waals surface area contributed by atoms with Gasteiger partial charge in [-0.3, -0.25) is 4.79 Å². The molecule has 0 atom stereocenters. The zero-order valence-electron chi connectivity index (χ0n) is 10.9. The number of esters is 1. The Bertz CT molecular complexity index is 663. The Hall–Kier alpha value is -2.08. The van der Waals surface area contributed by atoms with Gasteiger partial charge in [0.15, 0.2) is 10.4 Å². The number of anilines is 1. The van der Waals surface area contributed by atoms with Gasteiger partial charge in [0.1, 0.15) is 0 Å². The molecule has 1 aromatic heterocycles. The summed E-state index contributed by atoms with van der Waals surface area (Å²) in [7, 11) is 1.30. The molecule has 0 spiro atoms. The smallest absolute Gasteiger partial charge is 0.340 e. The lowest BCUT2D eigenvalue weighted by molar-refractivity contribution is 0.0601. The first-order valence-electron chi connectivity index (χ1n) is 5.77. The second-order valence-electron chi connectivity index (χ2n) is 4.05. The molecule has 0 aliphatic carbocycles. The summed E-state index contributed by atoms with van der Waals surface area (Å²) >= 11 is 3.13. The van der Waals surface area contributed by atoms with Crippen molar-refractivity contribution < 1.29 is 18.7 Å². The fourth-order valence-electron chi connectivity index (χ4n) is 1.77. The number of halogens is 1. The van der Waals surface area contributed by atoms with Gasteiger partial charge >= 0.3 is 5.97 Å². The summed E-state index contributed by atoms with van der Waals surface area (Å²) < 4.78 is 10.3. The van der Waals surface area contributed by atoms with E-state index in [4.69, 9.17) is 9.15 Å². The summed E-state index contributed by atoms with van der Waals surface area (Å²) in [5.74, 6) is -0.792. The van der Waals surface area contributed by atoms with Gasteiger partial charge in [-0.1, -0.05) is 12.1 Å². The average molecular weight is 338 g/mol. The van der Waals surface area contributed by atoms with E-state index in [2.05, 4.69) is 21.2 Å². The van der Waals surface area contributed by atoms with Crippen LogP contribution in [0.5, 0.6) is 0 Å². The third kappa shape index (κ3) is 2.91. The summed E-state index contributed by atoms with van der Waals surface area (Å²) in [6.07, 6.45) is 0. The molecular weight excluding hydrogens is 326 g/mol. The molecule has 104 valence electrons. The van der Waals surface area contributed by atoms with Crippen molar-refractivity contribution >= 4 is 33.5 Å². The van der Waals surface area contributed by atoms with Crippen LogP contribution in [-0.2, 0) is 4.74 Å². The number of aryl methyl sites for hydroxylation is 1. The molecule has 0 saturated heterocycles. The first-order chi connectivity index (χ1) is 9.52. The maximum atomic E-state index is 12.0. The van der Waals surface area contributed by atoms with Crippen LogP contribution in [0.1, 0.15) is 26.5 Å². The molecule has 2 rings (SSSR count). The van der Waals surface area contributed by atoms with E-state index >= 15 is 0 Å². The second-order valence-corrected chi connectivity index (χ2v) is 4.83. The Morgan fingerprint density at radius 2 is 2.00 bits per heavy atom. The molecule has 5 nitrogen and oxygen atoms in total. The van der Waals surface area contributed by atoms with Crippen LogP contribution >= 0.6 is 15.9 Å². The highest BCUT2D eigenvalue weighted by atomic mass is 79.9. The largest absolute Gasteiger partial charge is 0.465 e. The van der Waals surface area contributed by atoms with Gasteiger partial charge in [-0.15, -0.1) is 0 Å². The lowest BCUT2D eigenvalue weighted by Crippen LogP contribution is -2.15. The van der Waals surface area contributed by atoms with Crippen LogP contribution in [0.3, 0.4) is 0 Å². The topological polar surface area (TPSA) is 68.5 Å². The van der Waals surface area contributed by atoms with Crippen molar-refractivity contribution in [1.82, 2.24) is 0 Å². The Balaban J connectivity index is 2.32. The predicted octanol–water partition coefficient (Wildman–Crippen LogP) is 3.39. The van der Waals surface area contributed by atoms with Crippen molar-refractivity contribution in [2.45, 2.75) is 6.92 Å². The van der Waals surface area contributed by atoms with Gasteiger partial charge in [-0.25, -0.2) is 4.79 Å². The fourth-order valence-corrected chi connectivity index (χ4v) is 2.07. The highest BCUT2D eigenvalue weighted by Gasteiger charge is 2.18. The van der Waals surface area contributed by atoms with Gasteiger partial charge in [0, 0.05) is 0 Å². The molecule has 1 N–H and O–H groups in total. The van der Waals surface area contributed by atoms with E-state index in [0.717, 1.165) is 5.56 Å². The van der Waals surface area contributed by atoms with Gasteiger partial charge in [-0.2, -0.15) is 0 Å². The van der Waals surface area contributed by atoms with Crippen LogP contribution in [0.25, 0.3) is 0 Å². The molecule has 1 heterocycles. The quantitative estimate of drug-likeness (QED) is 0.871. The lowest BCUT2D eigenvalue weighted by Gasteiger charge is -2.11. The molecule has 20 heavy (non-hydrogen) atoms. The molecule has 1 aromatic carbocycles. The normalized spacial score (nSPS) is 10.2. The van der Waals surface area contributed by atoms with Crippen LogP contribution in [0.4, 0.5) is 5.69 Å². The Labute approximate surface area is 124 Å². The molecule has 0 bridgehead atoms. The van der Waals surface area contributed by atoms with E-state index < -0.39 is 11.9 Å². The van der Waals surface area contributed by atoms with Crippen molar-refractivity contribution in [3.05, 3.63) is 51.9 Å². The van der Waals surface area contributed by atoms with Gasteiger partial charge < -0.3 is 14.5 Å². The molecule has 0 unspecified atom stereocenters. The minimum absolute atomic E-state index is 0.147. The zero-order valence-corrected chi connectivity index (χ0v) is 12.5. The van der Waals surface area contributed by atoms with Crippen molar-refractivity contribution in [2.75, 3.05) is 12.4 Å². The third-order valence-corrected chi connectivity index (χ3v) is 3.13. The number of amides is 1. The van der Waals surface area contributed by atoms with Crippen LogP contribution in [0.15, 0.2) is 39.4 Å². The van der Waals surface area contributed by atoms with Crippen molar-refractivity contribution in [2.24, 2.45) is 0 Å². The number of hydrogen-bond donors (Lipinski definition) is 1. The third-order valence-electron chi connectivity index (χ3n) is 2.71. The molecule has 0 radical (unpaired) electrons. The number of methoxy groups -OCH3 is 1. The maximum absolute atomic E-state index is 12.0. The van der Waals surface area contributed by atoms with Gasteiger partial charge in [0.2, 0.25) is 0 Å². The van der Waals surface area contributed by atoms with Gasteiger partial charge in [-0.05, 0) is 46.6 Å². The predicted molar refractivity (Wildman–Crippen MR) is 76.9 cm³/mol. The Kier molecular flexibility index (Phi) is 4.24. The number of benzene rings is 1. The molecule has 0 aliphatic heterocycles. The van der Waals surface area contributed by atoms with Crippen LogP contribution < -0.4 is 5.32 Å². The van der Waals surface area contributed by atoms with Crippen LogP contribution in [0, 0.1) is 6.92 Å². The number of furan rings is 1. The highest BCUT2D eigenvalue weighted by molar-refractivity contribution is 9.10. The van der Waals surface area contributed by atoms with E-state index in [-0.39, 0.29) is 5.76 Å². The molecule has 0 saturated carbocycles. The molecule has 6 heteroatoms. The molecule has 2 aromatic rings. The number of carbonyl (C=O) groups excluding carboxylic acids is 2. The van der Waals surface area contributed by atoms with Gasteiger partial charge in [0.25, 0.3) is 5.91 Å². The maximum Gasteiger partial charge on any atom is 0.340 e. The summed E-state index contributed by atoms with van der Waals surface area (Å²) in [4.78, 5) is 23.8. The zero-order chi connectivity index (χ0) is 14.7. The standard InChI is InChI=1S/C14H12BrNO4/c1-8-4-3-5-9(12(8)14(18)19-2)16-13(17)10-6-7-11(15)20-10/h3-7H,1-2H3,(H,16,17). The first kappa shape index (κ1) is 14.3. The van der Waals surface area contributed by atoms with E-state index in [1.807, 2.05) is 0 Å².